The summed E-state index contributed by atoms with van der Waals surface area (Å²) in [4.78, 5) is 27.6. The van der Waals surface area contributed by atoms with Crippen LogP contribution in [0, 0.1) is 0 Å². The van der Waals surface area contributed by atoms with Crippen LogP contribution in [0.5, 0.6) is 5.75 Å². The normalized spacial score (nSPS) is 11.1. The van der Waals surface area contributed by atoms with Gasteiger partial charge < -0.3 is 19.7 Å². The van der Waals surface area contributed by atoms with Crippen molar-refractivity contribution >= 4 is 22.8 Å². The average molecular weight is 332 g/mol. The molecule has 1 aromatic heterocycles. The van der Waals surface area contributed by atoms with Crippen LogP contribution in [0.3, 0.4) is 0 Å². The summed E-state index contributed by atoms with van der Waals surface area (Å²) in [5.41, 5.74) is 2.21. The van der Waals surface area contributed by atoms with E-state index in [1.54, 1.807) is 6.07 Å². The number of carbonyl (C=O) groups is 2. The van der Waals surface area contributed by atoms with Gasteiger partial charge in [0.1, 0.15) is 5.75 Å². The fourth-order valence-electron chi connectivity index (χ4n) is 2.50. The Hall–Kier alpha value is -2.34. The lowest BCUT2D eigenvalue weighted by molar-refractivity contribution is -0.138. The summed E-state index contributed by atoms with van der Waals surface area (Å²) in [6.07, 6.45) is 4.22. The van der Waals surface area contributed by atoms with Crippen LogP contribution in [0.4, 0.5) is 0 Å². The highest BCUT2D eigenvalue weighted by Gasteiger charge is 2.09. The van der Waals surface area contributed by atoms with Gasteiger partial charge in [0.15, 0.2) is 0 Å². The third kappa shape index (κ3) is 5.38. The van der Waals surface area contributed by atoms with Crippen molar-refractivity contribution in [2.24, 2.45) is 0 Å². The third-order valence-electron chi connectivity index (χ3n) is 3.82. The summed E-state index contributed by atoms with van der Waals surface area (Å²) in [5.74, 6) is -0.645. The Morgan fingerprint density at radius 3 is 2.67 bits per heavy atom. The number of aromatic amines is 1. The Balaban J connectivity index is 1.95. The zero-order valence-corrected chi connectivity index (χ0v) is 14.2. The minimum absolute atomic E-state index is 0.0812. The number of rotatable bonds is 9. The van der Waals surface area contributed by atoms with E-state index >= 15 is 0 Å². The molecular formula is C18H24N2O4. The minimum atomic E-state index is -0.841. The average Bonchev–Trinajstić information content (AvgIpc) is 2.92. The van der Waals surface area contributed by atoms with Crippen molar-refractivity contribution in [3.05, 3.63) is 30.0 Å². The molecule has 0 radical (unpaired) electrons. The lowest BCUT2D eigenvalue weighted by atomic mass is 10.1. The number of H-pyrrole nitrogens is 1. The molecule has 0 saturated carbocycles. The lowest BCUT2D eigenvalue weighted by Crippen LogP contribution is -2.14. The largest absolute Gasteiger partial charge is 0.481 e. The molecule has 0 bridgehead atoms. The highest BCUT2D eigenvalue weighted by molar-refractivity contribution is 5.85. The molecule has 0 saturated heterocycles. The van der Waals surface area contributed by atoms with Crippen molar-refractivity contribution in [3.8, 4) is 5.75 Å². The van der Waals surface area contributed by atoms with Gasteiger partial charge in [-0.3, -0.25) is 9.59 Å². The maximum Gasteiger partial charge on any atom is 0.311 e. The Labute approximate surface area is 141 Å². The van der Waals surface area contributed by atoms with E-state index in [1.165, 1.54) is 5.56 Å². The Kier molecular flexibility index (Phi) is 6.37. The van der Waals surface area contributed by atoms with Gasteiger partial charge in [0.25, 0.3) is 0 Å². The molecule has 0 fully saturated rings. The van der Waals surface area contributed by atoms with Crippen LogP contribution in [-0.2, 0) is 16.0 Å². The van der Waals surface area contributed by atoms with Crippen LogP contribution >= 0.6 is 0 Å². The van der Waals surface area contributed by atoms with Gasteiger partial charge in [0, 0.05) is 36.5 Å². The van der Waals surface area contributed by atoms with Crippen molar-refractivity contribution in [2.75, 3.05) is 20.6 Å². The fourth-order valence-corrected chi connectivity index (χ4v) is 2.50. The summed E-state index contributed by atoms with van der Waals surface area (Å²) < 4.78 is 5.37. The molecule has 0 aliphatic heterocycles. The molecule has 0 aliphatic carbocycles. The molecule has 2 rings (SSSR count). The number of likely N-dealkylation sites (N-methyl/N-ethyl adjacent to an activating group) is 1. The molecule has 130 valence electrons. The van der Waals surface area contributed by atoms with Crippen LogP contribution in [0.1, 0.15) is 31.2 Å². The monoisotopic (exact) mass is 332 g/mol. The molecule has 2 N–H and O–H groups in total. The highest BCUT2D eigenvalue weighted by atomic mass is 16.5. The molecule has 6 heteroatoms. The molecule has 0 amide bonds. The fraction of sp³-hybridized carbons (Fsp3) is 0.444. The van der Waals surface area contributed by atoms with Gasteiger partial charge in [-0.15, -0.1) is 0 Å². The summed E-state index contributed by atoms with van der Waals surface area (Å²) in [7, 11) is 4.07. The summed E-state index contributed by atoms with van der Waals surface area (Å²) >= 11 is 0. The first-order valence-corrected chi connectivity index (χ1v) is 8.13. The molecule has 24 heavy (non-hydrogen) atoms. The predicted octanol–water partition coefficient (Wildman–Crippen LogP) is 2.82. The van der Waals surface area contributed by atoms with Crippen LogP contribution in [0.15, 0.2) is 24.4 Å². The topological polar surface area (TPSA) is 82.6 Å². The zero-order chi connectivity index (χ0) is 17.5. The quantitative estimate of drug-likeness (QED) is 0.419. The van der Waals surface area contributed by atoms with Gasteiger partial charge in [-0.2, -0.15) is 0 Å². The number of carbonyl (C=O) groups excluding carboxylic acids is 1. The smallest absolute Gasteiger partial charge is 0.311 e. The number of carboxylic acids is 1. The number of aromatic nitrogens is 1. The number of hydrogen-bond donors (Lipinski definition) is 2. The van der Waals surface area contributed by atoms with Gasteiger partial charge in [-0.1, -0.05) is 0 Å². The highest BCUT2D eigenvalue weighted by Crippen LogP contribution is 2.24. The maximum absolute atomic E-state index is 11.8. The molecule has 0 unspecified atom stereocenters. The predicted molar refractivity (Wildman–Crippen MR) is 92.3 cm³/mol. The van der Waals surface area contributed by atoms with E-state index in [-0.39, 0.29) is 18.8 Å². The van der Waals surface area contributed by atoms with Crippen molar-refractivity contribution < 1.29 is 19.4 Å². The van der Waals surface area contributed by atoms with Crippen molar-refractivity contribution in [1.29, 1.82) is 0 Å². The number of fused-ring (bicyclic) bond motifs is 1. The number of esters is 1. The summed E-state index contributed by atoms with van der Waals surface area (Å²) in [6, 6.07) is 5.55. The van der Waals surface area contributed by atoms with Gasteiger partial charge in [0.2, 0.25) is 0 Å². The number of unbranched alkanes of at least 4 members (excludes halogenated alkanes) is 1. The van der Waals surface area contributed by atoms with E-state index in [2.05, 4.69) is 9.88 Å². The van der Waals surface area contributed by atoms with Gasteiger partial charge in [0.05, 0.1) is 0 Å². The van der Waals surface area contributed by atoms with Crippen LogP contribution in [0.2, 0.25) is 0 Å². The Bertz CT molecular complexity index is 706. The number of benzene rings is 1. The van der Waals surface area contributed by atoms with E-state index in [4.69, 9.17) is 9.84 Å². The molecule has 0 atom stereocenters. The number of nitrogens with zero attached hydrogens (tertiary/aromatic N) is 1. The molecular weight excluding hydrogens is 308 g/mol. The Morgan fingerprint density at radius 2 is 1.96 bits per heavy atom. The van der Waals surface area contributed by atoms with E-state index in [0.717, 1.165) is 23.9 Å². The zero-order valence-electron chi connectivity index (χ0n) is 14.2. The van der Waals surface area contributed by atoms with Crippen LogP contribution < -0.4 is 4.74 Å². The molecule has 2 aromatic rings. The van der Waals surface area contributed by atoms with Crippen molar-refractivity contribution in [1.82, 2.24) is 9.88 Å². The first kappa shape index (κ1) is 18.0. The molecule has 0 aliphatic rings. The van der Waals surface area contributed by atoms with Crippen LogP contribution in [-0.4, -0.2) is 47.6 Å². The second-order valence-corrected chi connectivity index (χ2v) is 6.15. The lowest BCUT2D eigenvalue weighted by Gasteiger charge is -2.09. The standard InChI is InChI=1S/C18H24N2O4/c1-20(2)10-9-13-12-19-16-8-7-14(11-15(13)16)24-18(23)6-4-3-5-17(21)22/h7-8,11-12,19H,3-6,9-10H2,1-2H3,(H,21,22). The number of nitrogens with one attached hydrogen (secondary N) is 1. The first-order valence-electron chi connectivity index (χ1n) is 8.13. The van der Waals surface area contributed by atoms with Crippen LogP contribution in [0.25, 0.3) is 10.9 Å². The number of aliphatic carboxylic acids is 1. The van der Waals surface area contributed by atoms with E-state index in [0.29, 0.717) is 18.6 Å². The number of ether oxygens (including phenoxy) is 1. The molecule has 1 aromatic carbocycles. The van der Waals surface area contributed by atoms with Crippen molar-refractivity contribution in [2.45, 2.75) is 32.1 Å². The van der Waals surface area contributed by atoms with E-state index < -0.39 is 5.97 Å². The second kappa shape index (κ2) is 8.49. The summed E-state index contributed by atoms with van der Waals surface area (Å²) in [5, 5.41) is 9.64. The van der Waals surface area contributed by atoms with Gasteiger partial charge >= 0.3 is 11.9 Å². The van der Waals surface area contributed by atoms with E-state index in [9.17, 15) is 9.59 Å². The summed E-state index contributed by atoms with van der Waals surface area (Å²) in [6.45, 7) is 0.945. The Morgan fingerprint density at radius 1 is 1.21 bits per heavy atom. The molecule has 6 nitrogen and oxygen atoms in total. The second-order valence-electron chi connectivity index (χ2n) is 6.15. The van der Waals surface area contributed by atoms with Gasteiger partial charge in [-0.25, -0.2) is 0 Å². The molecule has 1 heterocycles. The maximum atomic E-state index is 11.8. The SMILES string of the molecule is CN(C)CCc1c[nH]c2ccc(OC(=O)CCCCC(=O)O)cc12. The third-order valence-corrected chi connectivity index (χ3v) is 3.82. The molecule has 0 spiro atoms. The van der Waals surface area contributed by atoms with E-state index in [1.807, 2.05) is 32.4 Å². The number of hydrogen-bond acceptors (Lipinski definition) is 4. The van der Waals surface area contributed by atoms with Gasteiger partial charge in [-0.05, 0) is 57.1 Å². The minimum Gasteiger partial charge on any atom is -0.481 e. The number of carboxylic acid groups (broad SMARTS) is 1. The first-order chi connectivity index (χ1) is 11.5. The van der Waals surface area contributed by atoms with Crippen molar-refractivity contribution in [3.63, 3.8) is 0 Å².